The molecule has 0 aromatic carbocycles. The summed E-state index contributed by atoms with van der Waals surface area (Å²) in [5.41, 5.74) is 2.96. The van der Waals surface area contributed by atoms with Gasteiger partial charge in [-0.1, -0.05) is 39.0 Å². The number of unbranched alkanes of at least 4 members (excludes halogenated alkanes) is 5. The Balaban J connectivity index is 1.85. The molecule has 2 aromatic heterocycles. The van der Waals surface area contributed by atoms with Crippen LogP contribution in [0.15, 0.2) is 24.7 Å². The van der Waals surface area contributed by atoms with Crippen LogP contribution in [0.3, 0.4) is 0 Å². The highest BCUT2D eigenvalue weighted by Gasteiger charge is 2.07. The van der Waals surface area contributed by atoms with Crippen molar-refractivity contribution in [1.29, 1.82) is 0 Å². The van der Waals surface area contributed by atoms with Crippen LogP contribution >= 0.6 is 0 Å². The van der Waals surface area contributed by atoms with Gasteiger partial charge in [0.05, 0.1) is 6.20 Å². The van der Waals surface area contributed by atoms with E-state index in [1.807, 2.05) is 0 Å². The molecule has 0 bridgehead atoms. The number of hydrogen-bond acceptors (Lipinski definition) is 3. The van der Waals surface area contributed by atoms with Gasteiger partial charge in [0.15, 0.2) is 0 Å². The maximum atomic E-state index is 4.63. The summed E-state index contributed by atoms with van der Waals surface area (Å²) < 4.78 is 2.09. The van der Waals surface area contributed by atoms with Gasteiger partial charge in [-0.15, -0.1) is 0 Å². The molecule has 2 aromatic rings. The van der Waals surface area contributed by atoms with E-state index in [1.165, 1.54) is 44.2 Å². The minimum absolute atomic E-state index is 0.845. The summed E-state index contributed by atoms with van der Waals surface area (Å²) in [5, 5.41) is 4.63. The van der Waals surface area contributed by atoms with E-state index in [-0.39, 0.29) is 0 Å². The third-order valence-electron chi connectivity index (χ3n) is 3.53. The molecule has 108 valence electrons. The van der Waals surface area contributed by atoms with Gasteiger partial charge in [0.2, 0.25) is 0 Å². The molecule has 2 heterocycles. The Morgan fingerprint density at radius 2 is 1.80 bits per heavy atom. The van der Waals surface area contributed by atoms with E-state index < -0.39 is 0 Å². The molecule has 0 saturated carbocycles. The van der Waals surface area contributed by atoms with Gasteiger partial charge in [-0.2, -0.15) is 5.10 Å². The standard InChI is InChI=1S/C16H24N4/c1-3-4-5-6-7-8-11-20-14(2)12-15(19-20)16-13-17-9-10-18-16/h9-10,12-13H,3-8,11H2,1-2H3. The Hall–Kier alpha value is -1.71. The molecule has 0 fully saturated rings. The maximum Gasteiger partial charge on any atom is 0.113 e. The normalized spacial score (nSPS) is 10.9. The molecule has 0 N–H and O–H groups in total. The van der Waals surface area contributed by atoms with Gasteiger partial charge in [0.1, 0.15) is 11.4 Å². The fourth-order valence-corrected chi connectivity index (χ4v) is 2.33. The van der Waals surface area contributed by atoms with Gasteiger partial charge in [0.25, 0.3) is 0 Å². The summed E-state index contributed by atoms with van der Waals surface area (Å²) in [4.78, 5) is 8.39. The van der Waals surface area contributed by atoms with Gasteiger partial charge in [-0.25, -0.2) is 0 Å². The second-order valence-corrected chi connectivity index (χ2v) is 5.25. The molecule has 4 nitrogen and oxygen atoms in total. The SMILES string of the molecule is CCCCCCCCn1nc(-c2cnccn2)cc1C. The van der Waals surface area contributed by atoms with Crippen LogP contribution in [-0.4, -0.2) is 19.7 Å². The van der Waals surface area contributed by atoms with Crippen molar-refractivity contribution in [1.82, 2.24) is 19.7 Å². The number of aryl methyl sites for hydroxylation is 2. The van der Waals surface area contributed by atoms with Gasteiger partial charge < -0.3 is 0 Å². The van der Waals surface area contributed by atoms with E-state index in [1.54, 1.807) is 18.6 Å². The molecule has 0 aliphatic rings. The molecule has 4 heteroatoms. The lowest BCUT2D eigenvalue weighted by Crippen LogP contribution is -2.02. The largest absolute Gasteiger partial charge is 0.269 e. The van der Waals surface area contributed by atoms with Crippen molar-refractivity contribution < 1.29 is 0 Å². The highest BCUT2D eigenvalue weighted by Crippen LogP contribution is 2.16. The van der Waals surface area contributed by atoms with Crippen molar-refractivity contribution in [2.45, 2.75) is 58.9 Å². The lowest BCUT2D eigenvalue weighted by atomic mass is 10.1. The highest BCUT2D eigenvalue weighted by molar-refractivity contribution is 5.52. The summed E-state index contributed by atoms with van der Waals surface area (Å²) in [7, 11) is 0. The van der Waals surface area contributed by atoms with Crippen LogP contribution in [0.1, 0.15) is 51.1 Å². The van der Waals surface area contributed by atoms with Crippen molar-refractivity contribution in [2.24, 2.45) is 0 Å². The first kappa shape index (κ1) is 14.7. The van der Waals surface area contributed by atoms with E-state index in [0.717, 1.165) is 17.9 Å². The van der Waals surface area contributed by atoms with E-state index in [4.69, 9.17) is 0 Å². The maximum absolute atomic E-state index is 4.63. The molecule has 0 saturated heterocycles. The highest BCUT2D eigenvalue weighted by atomic mass is 15.3. The summed E-state index contributed by atoms with van der Waals surface area (Å²) in [6.45, 7) is 5.35. The third-order valence-corrected chi connectivity index (χ3v) is 3.53. The molecular formula is C16H24N4. The average molecular weight is 272 g/mol. The molecule has 0 atom stereocenters. The fourth-order valence-electron chi connectivity index (χ4n) is 2.33. The molecule has 20 heavy (non-hydrogen) atoms. The van der Waals surface area contributed by atoms with Crippen molar-refractivity contribution in [3.63, 3.8) is 0 Å². The van der Waals surface area contributed by atoms with Crippen LogP contribution in [0, 0.1) is 6.92 Å². The van der Waals surface area contributed by atoms with E-state index >= 15 is 0 Å². The quantitative estimate of drug-likeness (QED) is 0.682. The summed E-state index contributed by atoms with van der Waals surface area (Å²) in [5.74, 6) is 0. The summed E-state index contributed by atoms with van der Waals surface area (Å²) >= 11 is 0. The number of hydrogen-bond donors (Lipinski definition) is 0. The summed E-state index contributed by atoms with van der Waals surface area (Å²) in [6.07, 6.45) is 13.0. The molecule has 0 radical (unpaired) electrons. The Labute approximate surface area is 121 Å². The van der Waals surface area contributed by atoms with Gasteiger partial charge in [0, 0.05) is 24.6 Å². The summed E-state index contributed by atoms with van der Waals surface area (Å²) in [6, 6.07) is 2.08. The second-order valence-electron chi connectivity index (χ2n) is 5.25. The smallest absolute Gasteiger partial charge is 0.113 e. The number of aromatic nitrogens is 4. The molecule has 0 spiro atoms. The topological polar surface area (TPSA) is 43.6 Å². The van der Waals surface area contributed by atoms with E-state index in [9.17, 15) is 0 Å². The van der Waals surface area contributed by atoms with Crippen molar-refractivity contribution in [3.8, 4) is 11.4 Å². The molecular weight excluding hydrogens is 248 g/mol. The average Bonchev–Trinajstić information content (AvgIpc) is 2.85. The lowest BCUT2D eigenvalue weighted by Gasteiger charge is -2.04. The van der Waals surface area contributed by atoms with Crippen LogP contribution in [0.5, 0.6) is 0 Å². The van der Waals surface area contributed by atoms with Crippen LogP contribution in [0.25, 0.3) is 11.4 Å². The Bertz CT molecular complexity index is 504. The predicted octanol–water partition coefficient (Wildman–Crippen LogP) is 4.01. The fraction of sp³-hybridized carbons (Fsp3) is 0.562. The monoisotopic (exact) mass is 272 g/mol. The minimum Gasteiger partial charge on any atom is -0.269 e. The van der Waals surface area contributed by atoms with E-state index in [2.05, 4.69) is 39.7 Å². The molecule has 2 rings (SSSR count). The Morgan fingerprint density at radius 3 is 2.55 bits per heavy atom. The van der Waals surface area contributed by atoms with Crippen molar-refractivity contribution >= 4 is 0 Å². The molecule has 0 aliphatic carbocycles. The van der Waals surface area contributed by atoms with Gasteiger partial charge >= 0.3 is 0 Å². The Morgan fingerprint density at radius 1 is 1.00 bits per heavy atom. The Kier molecular flexibility index (Phi) is 5.71. The van der Waals surface area contributed by atoms with Gasteiger partial charge in [-0.3, -0.25) is 14.6 Å². The molecule has 0 amide bonds. The van der Waals surface area contributed by atoms with Crippen LogP contribution in [-0.2, 0) is 6.54 Å². The van der Waals surface area contributed by atoms with Gasteiger partial charge in [-0.05, 0) is 19.4 Å². The zero-order valence-electron chi connectivity index (χ0n) is 12.5. The first-order valence-corrected chi connectivity index (χ1v) is 7.62. The van der Waals surface area contributed by atoms with Crippen LogP contribution < -0.4 is 0 Å². The van der Waals surface area contributed by atoms with Crippen LogP contribution in [0.2, 0.25) is 0 Å². The predicted molar refractivity (Wildman–Crippen MR) is 81.4 cm³/mol. The zero-order valence-corrected chi connectivity index (χ0v) is 12.5. The zero-order chi connectivity index (χ0) is 14.2. The number of nitrogens with zero attached hydrogens (tertiary/aromatic N) is 4. The van der Waals surface area contributed by atoms with E-state index in [0.29, 0.717) is 0 Å². The third kappa shape index (κ3) is 4.15. The molecule has 0 unspecified atom stereocenters. The lowest BCUT2D eigenvalue weighted by molar-refractivity contribution is 0.520. The minimum atomic E-state index is 0.845. The van der Waals surface area contributed by atoms with Crippen molar-refractivity contribution in [3.05, 3.63) is 30.4 Å². The first-order valence-electron chi connectivity index (χ1n) is 7.62. The molecule has 0 aliphatic heterocycles. The number of rotatable bonds is 8. The second kappa shape index (κ2) is 7.78. The van der Waals surface area contributed by atoms with Crippen molar-refractivity contribution in [2.75, 3.05) is 0 Å². The van der Waals surface area contributed by atoms with Crippen LogP contribution in [0.4, 0.5) is 0 Å². The first-order chi connectivity index (χ1) is 9.81.